The number of aromatic amines is 1. The Kier molecular flexibility index (Phi) is 6.81. The molecule has 1 N–H and O–H groups in total. The van der Waals surface area contributed by atoms with Gasteiger partial charge in [0.25, 0.3) is 5.56 Å². The molecule has 1 aliphatic heterocycles. The van der Waals surface area contributed by atoms with E-state index in [-0.39, 0.29) is 24.1 Å². The fourth-order valence-electron chi connectivity index (χ4n) is 3.60. The van der Waals surface area contributed by atoms with Gasteiger partial charge in [-0.25, -0.2) is 4.98 Å². The number of H-pyrrole nitrogens is 1. The molecule has 2 aromatic carbocycles. The van der Waals surface area contributed by atoms with Crippen LogP contribution in [0.1, 0.15) is 24.2 Å². The van der Waals surface area contributed by atoms with Gasteiger partial charge in [-0.15, -0.1) is 11.8 Å². The molecule has 4 rings (SSSR count). The SMILES string of the molecule is O=C(CSCc1ccccc1)N(Cc1nc2ccccc2c(=O)[nH]1)CC1CCCO1. The number of rotatable bonds is 8. The molecule has 1 amide bonds. The maximum atomic E-state index is 13.0. The van der Waals surface area contributed by atoms with Gasteiger partial charge in [0.1, 0.15) is 5.82 Å². The van der Waals surface area contributed by atoms with Crippen LogP contribution in [-0.4, -0.2) is 45.8 Å². The number of aromatic nitrogens is 2. The molecule has 0 saturated carbocycles. The first-order valence-corrected chi connectivity index (χ1v) is 11.3. The Labute approximate surface area is 179 Å². The van der Waals surface area contributed by atoms with Crippen molar-refractivity contribution in [2.75, 3.05) is 18.9 Å². The predicted octanol–water partition coefficient (Wildman–Crippen LogP) is 3.36. The van der Waals surface area contributed by atoms with Gasteiger partial charge in [-0.2, -0.15) is 0 Å². The van der Waals surface area contributed by atoms with Crippen LogP contribution in [0, 0.1) is 0 Å². The van der Waals surface area contributed by atoms with Crippen molar-refractivity contribution in [1.29, 1.82) is 0 Å². The Morgan fingerprint density at radius 3 is 2.77 bits per heavy atom. The Morgan fingerprint density at radius 2 is 1.97 bits per heavy atom. The molecule has 0 bridgehead atoms. The molecule has 156 valence electrons. The predicted molar refractivity (Wildman–Crippen MR) is 119 cm³/mol. The molecule has 0 spiro atoms. The highest BCUT2D eigenvalue weighted by Crippen LogP contribution is 2.17. The van der Waals surface area contributed by atoms with Gasteiger partial charge in [-0.3, -0.25) is 9.59 Å². The average Bonchev–Trinajstić information content (AvgIpc) is 3.27. The van der Waals surface area contributed by atoms with Crippen LogP contribution in [0.4, 0.5) is 0 Å². The van der Waals surface area contributed by atoms with Gasteiger partial charge >= 0.3 is 0 Å². The first-order valence-electron chi connectivity index (χ1n) is 10.2. The number of para-hydroxylation sites is 1. The highest BCUT2D eigenvalue weighted by atomic mass is 32.2. The van der Waals surface area contributed by atoms with E-state index in [4.69, 9.17) is 4.74 Å². The summed E-state index contributed by atoms with van der Waals surface area (Å²) in [6, 6.07) is 17.4. The Balaban J connectivity index is 1.46. The Morgan fingerprint density at radius 1 is 1.17 bits per heavy atom. The molecule has 1 fully saturated rings. The van der Waals surface area contributed by atoms with Crippen molar-refractivity contribution < 1.29 is 9.53 Å². The number of nitrogens with zero attached hydrogens (tertiary/aromatic N) is 2. The van der Waals surface area contributed by atoms with Crippen molar-refractivity contribution in [3.05, 3.63) is 76.3 Å². The van der Waals surface area contributed by atoms with Gasteiger partial charge in [-0.05, 0) is 30.5 Å². The zero-order valence-electron chi connectivity index (χ0n) is 16.8. The van der Waals surface area contributed by atoms with Crippen LogP contribution in [0.5, 0.6) is 0 Å². The number of fused-ring (bicyclic) bond motifs is 1. The van der Waals surface area contributed by atoms with E-state index in [1.54, 1.807) is 22.7 Å². The third-order valence-electron chi connectivity index (χ3n) is 5.14. The van der Waals surface area contributed by atoms with Crippen molar-refractivity contribution >= 4 is 28.6 Å². The third kappa shape index (κ3) is 5.29. The largest absolute Gasteiger partial charge is 0.376 e. The third-order valence-corrected chi connectivity index (χ3v) is 6.13. The van der Waals surface area contributed by atoms with Crippen molar-refractivity contribution in [2.45, 2.75) is 31.2 Å². The van der Waals surface area contributed by atoms with E-state index < -0.39 is 0 Å². The van der Waals surface area contributed by atoms with E-state index in [9.17, 15) is 9.59 Å². The second-order valence-electron chi connectivity index (χ2n) is 7.42. The number of amides is 1. The second kappa shape index (κ2) is 9.91. The van der Waals surface area contributed by atoms with Gasteiger partial charge in [0.05, 0.1) is 29.3 Å². The van der Waals surface area contributed by atoms with Crippen LogP contribution in [0.25, 0.3) is 10.9 Å². The summed E-state index contributed by atoms with van der Waals surface area (Å²) in [5.41, 5.74) is 1.65. The topological polar surface area (TPSA) is 75.3 Å². The molecule has 1 saturated heterocycles. The lowest BCUT2D eigenvalue weighted by molar-refractivity contribution is -0.130. The van der Waals surface area contributed by atoms with Crippen LogP contribution < -0.4 is 5.56 Å². The van der Waals surface area contributed by atoms with Crippen molar-refractivity contribution in [3.63, 3.8) is 0 Å². The molecule has 2 heterocycles. The molecule has 0 radical (unpaired) electrons. The van der Waals surface area contributed by atoms with Crippen molar-refractivity contribution in [3.8, 4) is 0 Å². The Bertz CT molecular complexity index is 1050. The number of hydrogen-bond acceptors (Lipinski definition) is 5. The summed E-state index contributed by atoms with van der Waals surface area (Å²) in [4.78, 5) is 34.6. The monoisotopic (exact) mass is 423 g/mol. The normalized spacial score (nSPS) is 16.1. The first kappa shape index (κ1) is 20.6. The molecule has 0 aliphatic carbocycles. The van der Waals surface area contributed by atoms with Gasteiger partial charge in [-0.1, -0.05) is 42.5 Å². The molecular weight excluding hydrogens is 398 g/mol. The zero-order chi connectivity index (χ0) is 20.8. The summed E-state index contributed by atoms with van der Waals surface area (Å²) >= 11 is 1.59. The minimum Gasteiger partial charge on any atom is -0.376 e. The number of ether oxygens (including phenoxy) is 1. The summed E-state index contributed by atoms with van der Waals surface area (Å²) in [5, 5.41) is 0.552. The minimum absolute atomic E-state index is 0.0299. The van der Waals surface area contributed by atoms with Gasteiger partial charge in [0.15, 0.2) is 0 Å². The van der Waals surface area contributed by atoms with E-state index in [1.807, 2.05) is 36.4 Å². The minimum atomic E-state index is -0.182. The van der Waals surface area contributed by atoms with E-state index in [0.717, 1.165) is 25.2 Å². The number of carbonyl (C=O) groups is 1. The number of benzene rings is 2. The van der Waals surface area contributed by atoms with Crippen LogP contribution in [0.3, 0.4) is 0 Å². The number of nitrogens with one attached hydrogen (secondary N) is 1. The summed E-state index contributed by atoms with van der Waals surface area (Å²) in [5.74, 6) is 1.69. The van der Waals surface area contributed by atoms with Gasteiger partial charge in [0.2, 0.25) is 5.91 Å². The molecule has 6 nitrogen and oxygen atoms in total. The molecule has 1 atom stereocenters. The molecule has 3 aromatic rings. The lowest BCUT2D eigenvalue weighted by atomic mass is 10.2. The first-order chi connectivity index (χ1) is 14.7. The van der Waals surface area contributed by atoms with E-state index in [2.05, 4.69) is 22.1 Å². The lowest BCUT2D eigenvalue weighted by Crippen LogP contribution is -2.38. The fourth-order valence-corrected chi connectivity index (χ4v) is 4.49. The zero-order valence-corrected chi connectivity index (χ0v) is 17.6. The maximum Gasteiger partial charge on any atom is 0.258 e. The smallest absolute Gasteiger partial charge is 0.258 e. The molecule has 1 aromatic heterocycles. The highest BCUT2D eigenvalue weighted by Gasteiger charge is 2.23. The van der Waals surface area contributed by atoms with Gasteiger partial charge < -0.3 is 14.6 Å². The summed E-state index contributed by atoms with van der Waals surface area (Å²) in [7, 11) is 0. The Hall–Kier alpha value is -2.64. The maximum absolute atomic E-state index is 13.0. The standard InChI is InChI=1S/C23H25N3O3S/c27-22(16-30-15-17-7-2-1-3-8-17)26(13-18-9-6-12-29-18)14-21-24-20-11-5-4-10-19(20)23(28)25-21/h1-5,7-8,10-11,18H,6,9,12-16H2,(H,24,25,28). The lowest BCUT2D eigenvalue weighted by Gasteiger charge is -2.25. The van der Waals surface area contributed by atoms with E-state index >= 15 is 0 Å². The number of hydrogen-bond donors (Lipinski definition) is 1. The van der Waals surface area contributed by atoms with Crippen molar-refractivity contribution in [1.82, 2.24) is 14.9 Å². The summed E-state index contributed by atoms with van der Waals surface area (Å²) < 4.78 is 5.75. The molecule has 7 heteroatoms. The van der Waals surface area contributed by atoms with Crippen LogP contribution in [-0.2, 0) is 21.8 Å². The fraction of sp³-hybridized carbons (Fsp3) is 0.348. The van der Waals surface area contributed by atoms with Gasteiger partial charge in [0, 0.05) is 18.9 Å². The molecule has 1 aliphatic rings. The second-order valence-corrected chi connectivity index (χ2v) is 8.40. The van der Waals surface area contributed by atoms with Crippen LogP contribution >= 0.6 is 11.8 Å². The van der Waals surface area contributed by atoms with Crippen LogP contribution in [0.2, 0.25) is 0 Å². The average molecular weight is 424 g/mol. The van der Waals surface area contributed by atoms with E-state index in [0.29, 0.717) is 29.0 Å². The molecule has 1 unspecified atom stereocenters. The van der Waals surface area contributed by atoms with Crippen molar-refractivity contribution in [2.24, 2.45) is 0 Å². The van der Waals surface area contributed by atoms with Crippen LogP contribution in [0.15, 0.2) is 59.4 Å². The number of thioether (sulfide) groups is 1. The quantitative estimate of drug-likeness (QED) is 0.601. The summed E-state index contributed by atoms with van der Waals surface area (Å²) in [6.45, 7) is 1.52. The molecule has 30 heavy (non-hydrogen) atoms. The van der Waals surface area contributed by atoms with E-state index in [1.165, 1.54) is 5.56 Å². The highest BCUT2D eigenvalue weighted by molar-refractivity contribution is 7.99. The summed E-state index contributed by atoms with van der Waals surface area (Å²) in [6.07, 6.45) is 2.00. The number of carbonyl (C=O) groups excluding carboxylic acids is 1. The molecular formula is C23H25N3O3S.